The summed E-state index contributed by atoms with van der Waals surface area (Å²) in [5, 5.41) is 14.3. The Morgan fingerprint density at radius 3 is 1.89 bits per heavy atom. The predicted octanol–water partition coefficient (Wildman–Crippen LogP) is 3.88. The lowest BCUT2D eigenvalue weighted by Gasteiger charge is -2.07. The Morgan fingerprint density at radius 2 is 1.32 bits per heavy atom. The molecule has 0 unspecified atom stereocenters. The number of anilines is 1. The van der Waals surface area contributed by atoms with Gasteiger partial charge >= 0.3 is 0 Å². The molecule has 1 amide bonds. The van der Waals surface area contributed by atoms with E-state index in [2.05, 4.69) is 57.2 Å². The fourth-order valence-corrected chi connectivity index (χ4v) is 2.93. The van der Waals surface area contributed by atoms with Crippen molar-refractivity contribution < 1.29 is 4.79 Å². The molecule has 3 rings (SSSR count). The van der Waals surface area contributed by atoms with Crippen molar-refractivity contribution in [3.05, 3.63) is 89.6 Å². The number of rotatable bonds is 10. The van der Waals surface area contributed by atoms with Crippen LogP contribution in [0.3, 0.4) is 0 Å². The lowest BCUT2D eigenvalue weighted by molar-refractivity contribution is 0.0947. The van der Waals surface area contributed by atoms with Gasteiger partial charge in [0.2, 0.25) is 0 Å². The van der Waals surface area contributed by atoms with Crippen LogP contribution in [0.4, 0.5) is 5.82 Å². The molecule has 0 bridgehead atoms. The van der Waals surface area contributed by atoms with Crippen LogP contribution >= 0.6 is 0 Å². The van der Waals surface area contributed by atoms with Crippen LogP contribution in [0.2, 0.25) is 0 Å². The van der Waals surface area contributed by atoms with E-state index >= 15 is 0 Å². The lowest BCUT2D eigenvalue weighted by Crippen LogP contribution is -2.26. The van der Waals surface area contributed by atoms with E-state index in [0.29, 0.717) is 18.1 Å². The van der Waals surface area contributed by atoms with E-state index in [1.165, 1.54) is 11.1 Å². The van der Waals surface area contributed by atoms with Gasteiger partial charge in [-0.15, -0.1) is 10.2 Å². The quantitative estimate of drug-likeness (QED) is 0.529. The molecule has 0 spiro atoms. The third-order valence-corrected chi connectivity index (χ3v) is 4.46. The maximum Gasteiger partial charge on any atom is 0.271 e. The summed E-state index contributed by atoms with van der Waals surface area (Å²) in [7, 11) is 0. The zero-order valence-electron chi connectivity index (χ0n) is 16.0. The van der Waals surface area contributed by atoms with Crippen LogP contribution < -0.4 is 10.6 Å². The molecule has 3 aromatic rings. The van der Waals surface area contributed by atoms with Gasteiger partial charge in [-0.25, -0.2) is 0 Å². The highest BCUT2D eigenvalue weighted by Crippen LogP contribution is 2.06. The minimum atomic E-state index is -0.184. The van der Waals surface area contributed by atoms with Crippen LogP contribution in [-0.4, -0.2) is 29.2 Å². The number of carbonyl (C=O) groups is 1. The fraction of sp³-hybridized carbons (Fsp3) is 0.261. The van der Waals surface area contributed by atoms with E-state index < -0.39 is 0 Å². The van der Waals surface area contributed by atoms with E-state index in [9.17, 15) is 4.79 Å². The maximum absolute atomic E-state index is 12.2. The monoisotopic (exact) mass is 374 g/mol. The number of aryl methyl sites for hydroxylation is 2. The van der Waals surface area contributed by atoms with E-state index in [-0.39, 0.29) is 5.91 Å². The Kier molecular flexibility index (Phi) is 7.56. The summed E-state index contributed by atoms with van der Waals surface area (Å²) in [5.74, 6) is 0.505. The summed E-state index contributed by atoms with van der Waals surface area (Å²) in [6.07, 6.45) is 3.86. The second kappa shape index (κ2) is 10.8. The first-order chi connectivity index (χ1) is 13.8. The topological polar surface area (TPSA) is 66.9 Å². The van der Waals surface area contributed by atoms with Crippen molar-refractivity contribution in [2.75, 3.05) is 18.4 Å². The molecule has 1 aromatic heterocycles. The molecule has 0 radical (unpaired) electrons. The smallest absolute Gasteiger partial charge is 0.271 e. The Balaban J connectivity index is 1.34. The SMILES string of the molecule is O=C(NCCCc1ccccc1)c1ccc(NCCCc2ccccc2)nn1. The summed E-state index contributed by atoms with van der Waals surface area (Å²) < 4.78 is 0. The van der Waals surface area contributed by atoms with Crippen molar-refractivity contribution in [2.45, 2.75) is 25.7 Å². The van der Waals surface area contributed by atoms with Gasteiger partial charge in [0.05, 0.1) is 0 Å². The highest BCUT2D eigenvalue weighted by atomic mass is 16.1. The third kappa shape index (κ3) is 6.50. The molecule has 2 N–H and O–H groups in total. The van der Waals surface area contributed by atoms with Gasteiger partial charge in [-0.3, -0.25) is 4.79 Å². The molecule has 5 heteroatoms. The van der Waals surface area contributed by atoms with Gasteiger partial charge in [-0.2, -0.15) is 0 Å². The van der Waals surface area contributed by atoms with Gasteiger partial charge in [0.1, 0.15) is 5.82 Å². The fourth-order valence-electron chi connectivity index (χ4n) is 2.93. The minimum Gasteiger partial charge on any atom is -0.369 e. The second-order valence-electron chi connectivity index (χ2n) is 6.66. The zero-order valence-corrected chi connectivity index (χ0v) is 16.0. The number of nitrogens with zero attached hydrogens (tertiary/aromatic N) is 2. The molecule has 144 valence electrons. The highest BCUT2D eigenvalue weighted by Gasteiger charge is 2.07. The molecule has 0 atom stereocenters. The molecule has 5 nitrogen and oxygen atoms in total. The van der Waals surface area contributed by atoms with Gasteiger partial charge in [0, 0.05) is 13.1 Å². The molecule has 0 aliphatic carbocycles. The van der Waals surface area contributed by atoms with Gasteiger partial charge in [-0.1, -0.05) is 60.7 Å². The number of amides is 1. The normalized spacial score (nSPS) is 10.4. The number of nitrogens with one attached hydrogen (secondary N) is 2. The van der Waals surface area contributed by atoms with Crippen LogP contribution in [-0.2, 0) is 12.8 Å². The molecular weight excluding hydrogens is 348 g/mol. The first-order valence-electron chi connectivity index (χ1n) is 9.75. The molecule has 28 heavy (non-hydrogen) atoms. The van der Waals surface area contributed by atoms with Gasteiger partial charge < -0.3 is 10.6 Å². The third-order valence-electron chi connectivity index (χ3n) is 4.46. The molecule has 0 aliphatic rings. The van der Waals surface area contributed by atoms with Crippen molar-refractivity contribution in [2.24, 2.45) is 0 Å². The largest absolute Gasteiger partial charge is 0.369 e. The molecule has 1 heterocycles. The molecule has 0 fully saturated rings. The average Bonchev–Trinajstić information content (AvgIpc) is 2.76. The second-order valence-corrected chi connectivity index (χ2v) is 6.66. The standard InChI is InChI=1S/C23H26N4O/c28-23(25-18-8-14-20-11-5-2-6-12-20)21-15-16-22(27-26-21)24-17-7-13-19-9-3-1-4-10-19/h1-6,9-12,15-16H,7-8,13-14,17-18H2,(H,24,27)(H,25,28). The number of hydrogen-bond donors (Lipinski definition) is 2. The summed E-state index contributed by atoms with van der Waals surface area (Å²) in [6, 6.07) is 24.2. The van der Waals surface area contributed by atoms with Crippen molar-refractivity contribution in [3.63, 3.8) is 0 Å². The van der Waals surface area contributed by atoms with Crippen LogP contribution in [0.5, 0.6) is 0 Å². The molecular formula is C23H26N4O. The van der Waals surface area contributed by atoms with Crippen LogP contribution in [0.15, 0.2) is 72.8 Å². The maximum atomic E-state index is 12.2. The number of hydrogen-bond acceptors (Lipinski definition) is 4. The number of aromatic nitrogens is 2. The lowest BCUT2D eigenvalue weighted by atomic mass is 10.1. The Labute approximate surface area is 166 Å². The number of benzene rings is 2. The van der Waals surface area contributed by atoms with Crippen molar-refractivity contribution >= 4 is 11.7 Å². The van der Waals surface area contributed by atoms with Gasteiger partial charge in [-0.05, 0) is 48.9 Å². The van der Waals surface area contributed by atoms with Crippen LogP contribution in [0.1, 0.15) is 34.5 Å². The van der Waals surface area contributed by atoms with Crippen LogP contribution in [0.25, 0.3) is 0 Å². The van der Waals surface area contributed by atoms with E-state index in [1.54, 1.807) is 12.1 Å². The Bertz CT molecular complexity index is 835. The van der Waals surface area contributed by atoms with E-state index in [1.807, 2.05) is 24.3 Å². The van der Waals surface area contributed by atoms with E-state index in [0.717, 1.165) is 32.2 Å². The highest BCUT2D eigenvalue weighted by molar-refractivity contribution is 5.92. The first-order valence-corrected chi connectivity index (χ1v) is 9.75. The van der Waals surface area contributed by atoms with Gasteiger partial charge in [0.25, 0.3) is 5.91 Å². The Hall–Kier alpha value is -3.21. The summed E-state index contributed by atoms with van der Waals surface area (Å²) in [5.41, 5.74) is 2.95. The summed E-state index contributed by atoms with van der Waals surface area (Å²) in [4.78, 5) is 12.2. The summed E-state index contributed by atoms with van der Waals surface area (Å²) in [6.45, 7) is 1.43. The van der Waals surface area contributed by atoms with Crippen LogP contribution in [0, 0.1) is 0 Å². The molecule has 0 aliphatic heterocycles. The zero-order chi connectivity index (χ0) is 19.4. The summed E-state index contributed by atoms with van der Waals surface area (Å²) >= 11 is 0. The van der Waals surface area contributed by atoms with Crippen molar-refractivity contribution in [1.29, 1.82) is 0 Å². The number of carbonyl (C=O) groups excluding carboxylic acids is 1. The molecule has 0 saturated heterocycles. The molecule has 0 saturated carbocycles. The Morgan fingerprint density at radius 1 is 0.714 bits per heavy atom. The average molecular weight is 374 g/mol. The van der Waals surface area contributed by atoms with Crippen molar-refractivity contribution in [1.82, 2.24) is 15.5 Å². The van der Waals surface area contributed by atoms with E-state index in [4.69, 9.17) is 0 Å². The minimum absolute atomic E-state index is 0.184. The van der Waals surface area contributed by atoms with Gasteiger partial charge in [0.15, 0.2) is 5.69 Å². The predicted molar refractivity (Wildman–Crippen MR) is 112 cm³/mol. The first kappa shape index (κ1) is 19.5. The van der Waals surface area contributed by atoms with Crippen molar-refractivity contribution in [3.8, 4) is 0 Å². The molecule has 2 aromatic carbocycles.